The van der Waals surface area contributed by atoms with E-state index < -0.39 is 23.7 Å². The normalized spacial score (nSPS) is 11.3. The monoisotopic (exact) mass is 342 g/mol. The number of carbonyl (C=O) groups excluding carboxylic acids is 2. The first-order valence-electron chi connectivity index (χ1n) is 7.32. The molecule has 2 aromatic heterocycles. The van der Waals surface area contributed by atoms with Crippen molar-refractivity contribution in [2.45, 2.75) is 19.5 Å². The second-order valence-electron chi connectivity index (χ2n) is 5.12. The highest BCUT2D eigenvalue weighted by Gasteiger charge is 2.30. The van der Waals surface area contributed by atoms with Gasteiger partial charge < -0.3 is 9.64 Å². The molecule has 1 unspecified atom stereocenters. The first-order chi connectivity index (χ1) is 12.0. The van der Waals surface area contributed by atoms with Crippen LogP contribution in [-0.2, 0) is 20.9 Å². The minimum Gasteiger partial charge on any atom is -0.462 e. The molecule has 2 heterocycles. The van der Waals surface area contributed by atoms with Crippen molar-refractivity contribution in [3.63, 3.8) is 0 Å². The highest BCUT2D eigenvalue weighted by atomic mass is 19.1. The fourth-order valence-corrected chi connectivity index (χ4v) is 2.20. The van der Waals surface area contributed by atoms with Crippen molar-refractivity contribution in [3.05, 3.63) is 59.4 Å². The summed E-state index contributed by atoms with van der Waals surface area (Å²) in [5.74, 6) is -2.60. The van der Waals surface area contributed by atoms with Crippen LogP contribution in [0.2, 0.25) is 0 Å². The summed E-state index contributed by atoms with van der Waals surface area (Å²) in [5.41, 5.74) is 0.811. The molecule has 0 saturated heterocycles. The number of aromatic nitrogens is 2. The van der Waals surface area contributed by atoms with Gasteiger partial charge in [0.2, 0.25) is 0 Å². The summed E-state index contributed by atoms with van der Waals surface area (Å²) in [6.45, 7) is 1.48. The van der Waals surface area contributed by atoms with Gasteiger partial charge in [-0.05, 0) is 31.2 Å². The van der Waals surface area contributed by atoms with Crippen molar-refractivity contribution in [2.75, 3.05) is 7.11 Å². The van der Waals surface area contributed by atoms with Crippen molar-refractivity contribution in [2.24, 2.45) is 0 Å². The van der Waals surface area contributed by atoms with E-state index in [2.05, 4.69) is 14.7 Å². The van der Waals surface area contributed by atoms with E-state index in [1.165, 1.54) is 30.6 Å². The van der Waals surface area contributed by atoms with E-state index in [1.807, 2.05) is 6.07 Å². The van der Waals surface area contributed by atoms with Crippen molar-refractivity contribution >= 4 is 11.9 Å². The second kappa shape index (κ2) is 7.97. The Labute approximate surface area is 143 Å². The molecule has 1 amide bonds. The van der Waals surface area contributed by atoms with Crippen LogP contribution in [0.5, 0.6) is 0 Å². The van der Waals surface area contributed by atoms with Crippen LogP contribution in [0.25, 0.3) is 0 Å². The third kappa shape index (κ3) is 4.14. The Morgan fingerprint density at radius 3 is 2.68 bits per heavy atom. The number of nitriles is 1. The van der Waals surface area contributed by atoms with Gasteiger partial charge in [0, 0.05) is 12.4 Å². The smallest absolute Gasteiger partial charge is 0.396 e. The van der Waals surface area contributed by atoms with E-state index in [4.69, 9.17) is 5.26 Å². The molecule has 0 fully saturated rings. The lowest BCUT2D eigenvalue weighted by atomic mass is 10.1. The number of ether oxygens (including phenoxy) is 1. The van der Waals surface area contributed by atoms with E-state index >= 15 is 0 Å². The molecular formula is C17H15FN4O3. The topological polar surface area (TPSA) is 96.2 Å². The fraction of sp³-hybridized carbons (Fsp3) is 0.235. The van der Waals surface area contributed by atoms with E-state index in [0.717, 1.165) is 12.0 Å². The number of esters is 1. The third-order valence-corrected chi connectivity index (χ3v) is 3.56. The Kier molecular flexibility index (Phi) is 5.74. The van der Waals surface area contributed by atoms with Crippen molar-refractivity contribution in [3.8, 4) is 6.07 Å². The lowest BCUT2D eigenvalue weighted by Crippen LogP contribution is -2.39. The Morgan fingerprint density at radius 1 is 1.36 bits per heavy atom. The number of nitrogens with zero attached hydrogens (tertiary/aromatic N) is 4. The maximum Gasteiger partial charge on any atom is 0.396 e. The highest BCUT2D eigenvalue weighted by Crippen LogP contribution is 2.23. The predicted molar refractivity (Wildman–Crippen MR) is 84.1 cm³/mol. The number of hydrogen-bond donors (Lipinski definition) is 0. The molecule has 0 radical (unpaired) electrons. The number of carbonyl (C=O) groups is 2. The van der Waals surface area contributed by atoms with E-state index in [-0.39, 0.29) is 12.2 Å². The Balaban J connectivity index is 2.35. The Bertz CT molecular complexity index is 817. The highest BCUT2D eigenvalue weighted by molar-refractivity contribution is 6.32. The zero-order valence-electron chi connectivity index (χ0n) is 13.6. The average molecular weight is 342 g/mol. The summed E-state index contributed by atoms with van der Waals surface area (Å²) < 4.78 is 18.5. The van der Waals surface area contributed by atoms with Crippen LogP contribution < -0.4 is 0 Å². The molecule has 0 aliphatic rings. The minimum atomic E-state index is -1.07. The van der Waals surface area contributed by atoms with Crippen LogP contribution in [0, 0.1) is 17.1 Å². The molecular weight excluding hydrogens is 327 g/mol. The predicted octanol–water partition coefficient (Wildman–Crippen LogP) is 1.75. The van der Waals surface area contributed by atoms with Gasteiger partial charge in [-0.25, -0.2) is 9.18 Å². The molecule has 0 aromatic carbocycles. The molecule has 0 N–H and O–H groups in total. The lowest BCUT2D eigenvalue weighted by molar-refractivity contribution is -0.159. The van der Waals surface area contributed by atoms with Crippen LogP contribution in [-0.4, -0.2) is 33.9 Å². The molecule has 0 bridgehead atoms. The summed E-state index contributed by atoms with van der Waals surface area (Å²) in [4.78, 5) is 33.2. The molecule has 0 aliphatic carbocycles. The number of methoxy groups -OCH3 is 1. The largest absolute Gasteiger partial charge is 0.462 e. The quantitative estimate of drug-likeness (QED) is 0.620. The number of hydrogen-bond acceptors (Lipinski definition) is 6. The second-order valence-corrected chi connectivity index (χ2v) is 5.12. The van der Waals surface area contributed by atoms with Gasteiger partial charge in [0.25, 0.3) is 0 Å². The first kappa shape index (κ1) is 18.0. The summed E-state index contributed by atoms with van der Waals surface area (Å²) in [6.07, 6.45) is 2.75. The molecule has 2 aromatic rings. The number of pyridine rings is 2. The number of halogens is 1. The lowest BCUT2D eigenvalue weighted by Gasteiger charge is -2.27. The molecule has 1 atom stereocenters. The Morgan fingerprint density at radius 2 is 2.12 bits per heavy atom. The van der Waals surface area contributed by atoms with E-state index in [9.17, 15) is 14.0 Å². The maximum absolute atomic E-state index is 14.0. The molecule has 7 nitrogen and oxygen atoms in total. The van der Waals surface area contributed by atoms with Crippen LogP contribution in [0.1, 0.15) is 29.9 Å². The third-order valence-electron chi connectivity index (χ3n) is 3.56. The summed E-state index contributed by atoms with van der Waals surface area (Å²) >= 11 is 0. The Hall–Kier alpha value is -3.34. The van der Waals surface area contributed by atoms with Gasteiger partial charge in [0.15, 0.2) is 0 Å². The number of rotatable bonds is 4. The molecule has 128 valence electrons. The fourth-order valence-electron chi connectivity index (χ4n) is 2.20. The molecule has 0 spiro atoms. The zero-order valence-corrected chi connectivity index (χ0v) is 13.6. The average Bonchev–Trinajstić information content (AvgIpc) is 2.65. The molecule has 8 heteroatoms. The molecule has 25 heavy (non-hydrogen) atoms. The first-order valence-corrected chi connectivity index (χ1v) is 7.32. The van der Waals surface area contributed by atoms with Crippen LogP contribution >= 0.6 is 0 Å². The van der Waals surface area contributed by atoms with Gasteiger partial charge in [-0.1, -0.05) is 0 Å². The van der Waals surface area contributed by atoms with Crippen LogP contribution in [0.15, 0.2) is 36.7 Å². The van der Waals surface area contributed by atoms with Gasteiger partial charge in [-0.2, -0.15) is 5.26 Å². The van der Waals surface area contributed by atoms with Gasteiger partial charge in [0.05, 0.1) is 36.6 Å². The summed E-state index contributed by atoms with van der Waals surface area (Å²) in [5, 5.41) is 8.81. The number of amides is 1. The zero-order chi connectivity index (χ0) is 18.4. The van der Waals surface area contributed by atoms with Gasteiger partial charge in [0.1, 0.15) is 11.9 Å². The SMILES string of the molecule is COC(=O)C(=O)N(Cc1ccc(C#N)cn1)C(C)c1ncccc1F. The van der Waals surface area contributed by atoms with Gasteiger partial charge in [-0.15, -0.1) is 0 Å². The van der Waals surface area contributed by atoms with Crippen molar-refractivity contribution < 1.29 is 18.7 Å². The molecule has 2 rings (SSSR count). The van der Waals surface area contributed by atoms with Gasteiger partial charge in [-0.3, -0.25) is 14.8 Å². The molecule has 0 aliphatic heterocycles. The maximum atomic E-state index is 14.0. The summed E-state index contributed by atoms with van der Waals surface area (Å²) in [6, 6.07) is 6.85. The van der Waals surface area contributed by atoms with E-state index in [0.29, 0.717) is 11.3 Å². The van der Waals surface area contributed by atoms with Gasteiger partial charge >= 0.3 is 11.9 Å². The van der Waals surface area contributed by atoms with Crippen LogP contribution in [0.3, 0.4) is 0 Å². The van der Waals surface area contributed by atoms with Crippen LogP contribution in [0.4, 0.5) is 4.39 Å². The molecule has 0 saturated carbocycles. The van der Waals surface area contributed by atoms with Crippen molar-refractivity contribution in [1.29, 1.82) is 5.26 Å². The van der Waals surface area contributed by atoms with E-state index in [1.54, 1.807) is 13.0 Å². The standard InChI is InChI=1S/C17H15FN4O3/c1-11(15-14(18)4-3-7-20-15)22(16(23)17(24)25-2)10-13-6-5-12(8-19)9-21-13/h3-7,9,11H,10H2,1-2H3. The van der Waals surface area contributed by atoms with Crippen molar-refractivity contribution in [1.82, 2.24) is 14.9 Å². The minimum absolute atomic E-state index is 0.0217. The summed E-state index contributed by atoms with van der Waals surface area (Å²) in [7, 11) is 1.09.